The maximum Gasteiger partial charge on any atom is 0.129 e. The molecule has 0 fully saturated rings. The van der Waals surface area contributed by atoms with Crippen LogP contribution in [0.2, 0.25) is 0 Å². The Morgan fingerprint density at radius 3 is 1.78 bits per heavy atom. The molecule has 3 rings (SSSR count). The van der Waals surface area contributed by atoms with Crippen molar-refractivity contribution in [3.63, 3.8) is 0 Å². The average Bonchev–Trinajstić information content (AvgIpc) is 2.57. The highest BCUT2D eigenvalue weighted by Gasteiger charge is 2.08. The van der Waals surface area contributed by atoms with E-state index in [4.69, 9.17) is 4.74 Å². The van der Waals surface area contributed by atoms with Crippen LogP contribution in [0, 0.1) is 11.6 Å². The van der Waals surface area contributed by atoms with Crippen LogP contribution in [0.4, 0.5) is 8.78 Å². The SMILES string of the molecule is Fc1ccccc1COc1ccccc1Cc1ccccc1F. The molecule has 0 aliphatic carbocycles. The third kappa shape index (κ3) is 3.75. The van der Waals surface area contributed by atoms with E-state index in [1.54, 1.807) is 36.4 Å². The first-order chi connectivity index (χ1) is 11.2. The molecule has 0 aliphatic rings. The third-order valence-corrected chi connectivity index (χ3v) is 3.65. The molecular weight excluding hydrogens is 294 g/mol. The van der Waals surface area contributed by atoms with E-state index in [1.165, 1.54) is 12.1 Å². The molecule has 1 nitrogen and oxygen atoms in total. The van der Waals surface area contributed by atoms with E-state index in [-0.39, 0.29) is 18.2 Å². The summed E-state index contributed by atoms with van der Waals surface area (Å²) < 4.78 is 33.2. The van der Waals surface area contributed by atoms with Crippen molar-refractivity contribution >= 4 is 0 Å². The second-order valence-electron chi connectivity index (χ2n) is 5.26. The highest BCUT2D eigenvalue weighted by molar-refractivity contribution is 5.38. The molecule has 0 aliphatic heterocycles. The van der Waals surface area contributed by atoms with Gasteiger partial charge in [-0.1, -0.05) is 54.6 Å². The Morgan fingerprint density at radius 1 is 0.609 bits per heavy atom. The van der Waals surface area contributed by atoms with E-state index in [0.29, 0.717) is 23.3 Å². The van der Waals surface area contributed by atoms with Crippen LogP contribution in [0.25, 0.3) is 0 Å². The van der Waals surface area contributed by atoms with Gasteiger partial charge in [-0.2, -0.15) is 0 Å². The zero-order chi connectivity index (χ0) is 16.1. The van der Waals surface area contributed by atoms with E-state index in [2.05, 4.69) is 0 Å². The minimum atomic E-state index is -0.293. The summed E-state index contributed by atoms with van der Waals surface area (Å²) in [6.45, 7) is 0.140. The molecule has 0 spiro atoms. The van der Waals surface area contributed by atoms with Gasteiger partial charge in [0.05, 0.1) is 0 Å². The molecule has 0 bridgehead atoms. The molecule has 0 atom stereocenters. The summed E-state index contributed by atoms with van der Waals surface area (Å²) in [4.78, 5) is 0. The molecule has 3 heteroatoms. The van der Waals surface area contributed by atoms with Crippen molar-refractivity contribution in [2.75, 3.05) is 0 Å². The Kier molecular flexibility index (Phi) is 4.67. The number of hydrogen-bond acceptors (Lipinski definition) is 1. The van der Waals surface area contributed by atoms with Crippen molar-refractivity contribution < 1.29 is 13.5 Å². The minimum Gasteiger partial charge on any atom is -0.489 e. The molecule has 0 radical (unpaired) electrons. The smallest absolute Gasteiger partial charge is 0.129 e. The molecule has 3 aromatic rings. The lowest BCUT2D eigenvalue weighted by Crippen LogP contribution is -2.01. The Morgan fingerprint density at radius 2 is 1.13 bits per heavy atom. The largest absolute Gasteiger partial charge is 0.489 e. The molecule has 0 saturated carbocycles. The second-order valence-corrected chi connectivity index (χ2v) is 5.26. The van der Waals surface area contributed by atoms with Gasteiger partial charge in [-0.3, -0.25) is 0 Å². The lowest BCUT2D eigenvalue weighted by Gasteiger charge is -2.12. The second kappa shape index (κ2) is 7.05. The Hall–Kier alpha value is -2.68. The summed E-state index contributed by atoms with van der Waals surface area (Å²) in [5.41, 5.74) is 1.97. The topological polar surface area (TPSA) is 9.23 Å². The highest BCUT2D eigenvalue weighted by atomic mass is 19.1. The van der Waals surface area contributed by atoms with Gasteiger partial charge in [0.15, 0.2) is 0 Å². The fourth-order valence-corrected chi connectivity index (χ4v) is 2.41. The standard InChI is InChI=1S/C20H16F2O/c21-18-10-4-1-7-15(18)13-16-8-3-6-12-20(16)23-14-17-9-2-5-11-19(17)22/h1-12H,13-14H2. The van der Waals surface area contributed by atoms with Gasteiger partial charge in [-0.15, -0.1) is 0 Å². The predicted octanol–water partition coefficient (Wildman–Crippen LogP) is 5.13. The Labute approximate surface area is 134 Å². The monoisotopic (exact) mass is 310 g/mol. The number of halogens is 2. The molecule has 0 N–H and O–H groups in total. The zero-order valence-electron chi connectivity index (χ0n) is 12.5. The van der Waals surface area contributed by atoms with Crippen molar-refractivity contribution in [1.29, 1.82) is 0 Å². The first-order valence-electron chi connectivity index (χ1n) is 7.41. The van der Waals surface area contributed by atoms with Gasteiger partial charge < -0.3 is 4.74 Å². The summed E-state index contributed by atoms with van der Waals surface area (Å²) in [5, 5.41) is 0. The van der Waals surface area contributed by atoms with Crippen LogP contribution >= 0.6 is 0 Å². The van der Waals surface area contributed by atoms with Crippen molar-refractivity contribution in [1.82, 2.24) is 0 Å². The van der Waals surface area contributed by atoms with Crippen LogP contribution in [-0.2, 0) is 13.0 Å². The summed E-state index contributed by atoms with van der Waals surface area (Å²) >= 11 is 0. The molecule has 0 amide bonds. The molecule has 0 aromatic heterocycles. The summed E-state index contributed by atoms with van der Waals surface area (Å²) in [7, 11) is 0. The van der Waals surface area contributed by atoms with E-state index in [1.807, 2.05) is 24.3 Å². The number of benzene rings is 3. The van der Waals surface area contributed by atoms with Crippen LogP contribution in [0.3, 0.4) is 0 Å². The quantitative estimate of drug-likeness (QED) is 0.634. The van der Waals surface area contributed by atoms with Crippen molar-refractivity contribution in [2.45, 2.75) is 13.0 Å². The zero-order valence-corrected chi connectivity index (χ0v) is 12.5. The molecular formula is C20H16F2O. The first-order valence-corrected chi connectivity index (χ1v) is 7.41. The molecule has 23 heavy (non-hydrogen) atoms. The molecule has 3 aromatic carbocycles. The van der Waals surface area contributed by atoms with Gasteiger partial charge >= 0.3 is 0 Å². The average molecular weight is 310 g/mol. The van der Waals surface area contributed by atoms with Crippen molar-refractivity contribution in [3.8, 4) is 5.75 Å². The van der Waals surface area contributed by atoms with Gasteiger partial charge in [-0.25, -0.2) is 8.78 Å². The van der Waals surface area contributed by atoms with Gasteiger partial charge in [-0.05, 0) is 29.3 Å². The maximum atomic E-state index is 13.8. The fraction of sp³-hybridized carbons (Fsp3) is 0.100. The van der Waals surface area contributed by atoms with Gasteiger partial charge in [0, 0.05) is 12.0 Å². The molecule has 0 saturated heterocycles. The number of para-hydroxylation sites is 1. The maximum absolute atomic E-state index is 13.8. The Bertz CT molecular complexity index is 799. The van der Waals surface area contributed by atoms with Crippen LogP contribution < -0.4 is 4.74 Å². The lowest BCUT2D eigenvalue weighted by molar-refractivity contribution is 0.297. The van der Waals surface area contributed by atoms with E-state index >= 15 is 0 Å². The van der Waals surface area contributed by atoms with Crippen LogP contribution in [0.1, 0.15) is 16.7 Å². The van der Waals surface area contributed by atoms with Crippen molar-refractivity contribution in [3.05, 3.63) is 101 Å². The lowest BCUT2D eigenvalue weighted by atomic mass is 10.0. The van der Waals surface area contributed by atoms with Crippen LogP contribution in [-0.4, -0.2) is 0 Å². The van der Waals surface area contributed by atoms with Crippen molar-refractivity contribution in [2.24, 2.45) is 0 Å². The van der Waals surface area contributed by atoms with E-state index < -0.39 is 0 Å². The van der Waals surface area contributed by atoms with Crippen LogP contribution in [0.15, 0.2) is 72.8 Å². The normalized spacial score (nSPS) is 10.5. The van der Waals surface area contributed by atoms with Gasteiger partial charge in [0.2, 0.25) is 0 Å². The fourth-order valence-electron chi connectivity index (χ4n) is 2.41. The van der Waals surface area contributed by atoms with Gasteiger partial charge in [0.1, 0.15) is 24.0 Å². The summed E-state index contributed by atoms with van der Waals surface area (Å²) in [5.74, 6) is 0.106. The molecule has 0 heterocycles. The van der Waals surface area contributed by atoms with E-state index in [0.717, 1.165) is 5.56 Å². The molecule has 0 unspecified atom stereocenters. The highest BCUT2D eigenvalue weighted by Crippen LogP contribution is 2.24. The summed E-state index contributed by atoms with van der Waals surface area (Å²) in [6.07, 6.45) is 0.431. The summed E-state index contributed by atoms with van der Waals surface area (Å²) in [6, 6.07) is 20.6. The third-order valence-electron chi connectivity index (χ3n) is 3.65. The molecule has 116 valence electrons. The van der Waals surface area contributed by atoms with Crippen LogP contribution in [0.5, 0.6) is 5.75 Å². The predicted molar refractivity (Wildman–Crippen MR) is 86.4 cm³/mol. The Balaban J connectivity index is 1.78. The minimum absolute atomic E-state index is 0.140. The number of rotatable bonds is 5. The number of ether oxygens (including phenoxy) is 1. The first kappa shape index (κ1) is 15.2. The number of hydrogen-bond donors (Lipinski definition) is 0. The van der Waals surface area contributed by atoms with Gasteiger partial charge in [0.25, 0.3) is 0 Å². The van der Waals surface area contributed by atoms with E-state index in [9.17, 15) is 8.78 Å².